The van der Waals surface area contributed by atoms with Gasteiger partial charge in [0.2, 0.25) is 0 Å². The van der Waals surface area contributed by atoms with Crippen molar-refractivity contribution in [1.82, 2.24) is 9.13 Å². The van der Waals surface area contributed by atoms with Crippen LogP contribution in [-0.4, -0.2) is 44.0 Å². The quantitative estimate of drug-likeness (QED) is 0.270. The van der Waals surface area contributed by atoms with E-state index < -0.39 is 14.2 Å². The number of carbonyl (C=O) groups is 1. The van der Waals surface area contributed by atoms with Crippen molar-refractivity contribution < 1.29 is 13.9 Å². The molecule has 0 fully saturated rings. The highest BCUT2D eigenvalue weighted by atomic mass is 28.3. The van der Waals surface area contributed by atoms with Gasteiger partial charge in [0.05, 0.1) is 5.56 Å². The molecule has 0 aliphatic heterocycles. The number of rotatable bonds is 6. The van der Waals surface area contributed by atoms with Crippen molar-refractivity contribution in [3.05, 3.63) is 65.6 Å². The molecule has 0 N–H and O–H groups in total. The molecule has 1 heterocycles. The van der Waals surface area contributed by atoms with Gasteiger partial charge >= 0.3 is 5.97 Å². The first-order valence-corrected chi connectivity index (χ1v) is 13.6. The molecule has 1 aromatic heterocycles. The van der Waals surface area contributed by atoms with Crippen LogP contribution < -0.4 is 4.74 Å². The minimum Gasteiger partial charge on any atom is -0.422 e. The number of hydrogen-bond donors (Lipinski definition) is 0. The van der Waals surface area contributed by atoms with E-state index in [2.05, 4.69) is 69.4 Å². The Morgan fingerprint density at radius 3 is 2.32 bits per heavy atom. The molecule has 0 saturated heterocycles. The number of aromatic nitrogens is 1. The Hall–Kier alpha value is -2.44. The molecule has 166 valence electrons. The summed E-state index contributed by atoms with van der Waals surface area (Å²) in [5, 5.41) is 1.14. The number of ether oxygens (including phenoxy) is 1. The van der Waals surface area contributed by atoms with Crippen LogP contribution in [-0.2, 0) is 6.42 Å². The lowest BCUT2D eigenvalue weighted by Gasteiger charge is -2.38. The summed E-state index contributed by atoms with van der Waals surface area (Å²) >= 11 is 0. The van der Waals surface area contributed by atoms with E-state index in [1.54, 1.807) is 0 Å². The van der Waals surface area contributed by atoms with E-state index in [4.69, 9.17) is 4.74 Å². The van der Waals surface area contributed by atoms with Crippen molar-refractivity contribution in [3.8, 4) is 5.75 Å². The second kappa shape index (κ2) is 8.59. The van der Waals surface area contributed by atoms with Gasteiger partial charge in [0.15, 0.2) is 8.24 Å². The van der Waals surface area contributed by atoms with Crippen LogP contribution in [0.2, 0.25) is 18.1 Å². The minimum absolute atomic E-state index is 0.151. The van der Waals surface area contributed by atoms with Crippen molar-refractivity contribution in [1.29, 1.82) is 0 Å². The van der Waals surface area contributed by atoms with Crippen LogP contribution in [0.25, 0.3) is 10.9 Å². The second-order valence-electron chi connectivity index (χ2n) is 9.93. The molecule has 4 nitrogen and oxygen atoms in total. The summed E-state index contributed by atoms with van der Waals surface area (Å²) in [7, 11) is 2.22. The summed E-state index contributed by atoms with van der Waals surface area (Å²) in [6.07, 6.45) is 3.12. The zero-order valence-electron chi connectivity index (χ0n) is 19.6. The smallest absolute Gasteiger partial charge is 0.343 e. The number of esters is 1. The fraction of sp³-hybridized carbons (Fsp3) is 0.400. The highest BCUT2D eigenvalue weighted by Crippen LogP contribution is 2.41. The Labute approximate surface area is 185 Å². The third-order valence-electron chi connectivity index (χ3n) is 6.42. The predicted octanol–water partition coefficient (Wildman–Crippen LogP) is 5.96. The van der Waals surface area contributed by atoms with Gasteiger partial charge in [-0.1, -0.05) is 39.9 Å². The normalized spacial score (nSPS) is 12.5. The van der Waals surface area contributed by atoms with E-state index in [1.165, 1.54) is 29.8 Å². The molecule has 0 unspecified atom stereocenters. The lowest BCUT2D eigenvalue weighted by molar-refractivity contribution is 0.0737. The van der Waals surface area contributed by atoms with Gasteiger partial charge in [0, 0.05) is 17.4 Å². The monoisotopic (exact) mass is 440 g/mol. The van der Waals surface area contributed by atoms with Gasteiger partial charge in [-0.05, 0) is 73.7 Å². The van der Waals surface area contributed by atoms with Crippen LogP contribution in [0, 0.1) is 5.82 Å². The van der Waals surface area contributed by atoms with Gasteiger partial charge in [0.25, 0.3) is 0 Å². The second-order valence-corrected chi connectivity index (χ2v) is 15.0. The Balaban J connectivity index is 2.12. The van der Waals surface area contributed by atoms with Crippen molar-refractivity contribution in [2.75, 3.05) is 20.6 Å². The van der Waals surface area contributed by atoms with Gasteiger partial charge in [-0.15, -0.1) is 0 Å². The molecule has 31 heavy (non-hydrogen) atoms. The molecule has 0 aliphatic carbocycles. The lowest BCUT2D eigenvalue weighted by atomic mass is 10.1. The van der Waals surface area contributed by atoms with Crippen LogP contribution >= 0.6 is 0 Å². The number of benzene rings is 2. The molecule has 3 rings (SSSR count). The lowest BCUT2D eigenvalue weighted by Crippen LogP contribution is -2.44. The first-order chi connectivity index (χ1) is 14.4. The maximum atomic E-state index is 13.2. The largest absolute Gasteiger partial charge is 0.422 e. The van der Waals surface area contributed by atoms with Crippen LogP contribution in [0.3, 0.4) is 0 Å². The summed E-state index contributed by atoms with van der Waals surface area (Å²) in [5.41, 5.74) is 2.61. The molecule has 3 aromatic rings. The van der Waals surface area contributed by atoms with E-state index in [0.717, 1.165) is 23.9 Å². The summed E-state index contributed by atoms with van der Waals surface area (Å²) in [6, 6.07) is 11.3. The first kappa shape index (κ1) is 23.2. The highest BCUT2D eigenvalue weighted by Gasteiger charge is 2.39. The van der Waals surface area contributed by atoms with E-state index in [-0.39, 0.29) is 10.9 Å². The molecule has 0 bridgehead atoms. The molecule has 0 amide bonds. The zero-order chi connectivity index (χ0) is 23.0. The molecule has 0 atom stereocenters. The molecular formula is C25H33FN2O2Si. The number of halogens is 1. The zero-order valence-corrected chi connectivity index (χ0v) is 20.6. The van der Waals surface area contributed by atoms with Crippen LogP contribution in [0.5, 0.6) is 5.75 Å². The number of nitrogens with zero attached hydrogens (tertiary/aromatic N) is 2. The van der Waals surface area contributed by atoms with E-state index in [0.29, 0.717) is 11.3 Å². The van der Waals surface area contributed by atoms with Crippen LogP contribution in [0.4, 0.5) is 4.39 Å². The topological polar surface area (TPSA) is 34.5 Å². The fourth-order valence-corrected chi connectivity index (χ4v) is 5.51. The SMILES string of the molecule is CN(C)CCc1cn([Si](C)(C)C(C)(C)C)c2cccc(OC(=O)c3ccc(F)cc3)c12. The third kappa shape index (κ3) is 4.75. The number of carbonyl (C=O) groups excluding carboxylic acids is 1. The Morgan fingerprint density at radius 2 is 1.74 bits per heavy atom. The fourth-order valence-electron chi connectivity index (χ4n) is 3.52. The maximum absolute atomic E-state index is 13.2. The Morgan fingerprint density at radius 1 is 1.10 bits per heavy atom. The van der Waals surface area contributed by atoms with Crippen molar-refractivity contribution >= 4 is 25.1 Å². The van der Waals surface area contributed by atoms with Gasteiger partial charge < -0.3 is 13.9 Å². The van der Waals surface area contributed by atoms with Gasteiger partial charge in [-0.3, -0.25) is 0 Å². The highest BCUT2D eigenvalue weighted by molar-refractivity contribution is 6.79. The van der Waals surface area contributed by atoms with E-state index >= 15 is 0 Å². The summed E-state index contributed by atoms with van der Waals surface area (Å²) in [4.78, 5) is 14.9. The maximum Gasteiger partial charge on any atom is 0.343 e. The van der Waals surface area contributed by atoms with Gasteiger partial charge in [-0.2, -0.15) is 0 Å². The molecular weight excluding hydrogens is 407 g/mol. The molecule has 6 heteroatoms. The van der Waals surface area contributed by atoms with Crippen molar-refractivity contribution in [2.45, 2.75) is 45.3 Å². The molecule has 0 spiro atoms. The summed E-state index contributed by atoms with van der Waals surface area (Å²) < 4.78 is 21.5. The Bertz CT molecular complexity index is 1080. The molecule has 0 aliphatic rings. The average molecular weight is 441 g/mol. The van der Waals surface area contributed by atoms with Crippen LogP contribution in [0.1, 0.15) is 36.7 Å². The molecule has 0 radical (unpaired) electrons. The number of hydrogen-bond acceptors (Lipinski definition) is 3. The average Bonchev–Trinajstić information content (AvgIpc) is 3.06. The van der Waals surface area contributed by atoms with Crippen molar-refractivity contribution in [2.24, 2.45) is 0 Å². The third-order valence-corrected chi connectivity index (χ3v) is 11.7. The summed E-state index contributed by atoms with van der Waals surface area (Å²) in [5.74, 6) is -0.305. The van der Waals surface area contributed by atoms with Crippen LogP contribution in [0.15, 0.2) is 48.7 Å². The first-order valence-electron chi connectivity index (χ1n) is 10.7. The summed E-state index contributed by atoms with van der Waals surface area (Å²) in [6.45, 7) is 12.5. The molecule has 0 saturated carbocycles. The number of fused-ring (bicyclic) bond motifs is 1. The van der Waals surface area contributed by atoms with Gasteiger partial charge in [-0.25, -0.2) is 9.18 Å². The number of likely N-dealkylation sites (N-methyl/N-ethyl adjacent to an activating group) is 1. The Kier molecular flexibility index (Phi) is 6.44. The predicted molar refractivity (Wildman–Crippen MR) is 128 cm³/mol. The van der Waals surface area contributed by atoms with E-state index in [1.807, 2.05) is 12.1 Å². The molecule has 2 aromatic carbocycles. The van der Waals surface area contributed by atoms with Gasteiger partial charge in [0.1, 0.15) is 11.6 Å². The van der Waals surface area contributed by atoms with Crippen molar-refractivity contribution in [3.63, 3.8) is 0 Å². The van der Waals surface area contributed by atoms with E-state index in [9.17, 15) is 9.18 Å². The standard InChI is InChI=1S/C25H33FN2O2Si/c1-25(2,3)31(6,7)28-17-19(15-16-27(4)5)23-21(28)9-8-10-22(23)30-24(29)18-11-13-20(26)14-12-18/h8-14,17H,15-16H2,1-7H3. The minimum atomic E-state index is -1.89.